The average Bonchev–Trinajstić information content (AvgIpc) is 3.12. The molecule has 2 aromatic rings. The fourth-order valence-corrected chi connectivity index (χ4v) is 2.80. The molecule has 134 valence electrons. The molecular formula is C19H16FNO4S. The first-order chi connectivity index (χ1) is 12.7. The molecule has 3 rings (SSSR count). The van der Waals surface area contributed by atoms with Crippen molar-refractivity contribution in [3.63, 3.8) is 0 Å². The van der Waals surface area contributed by atoms with Gasteiger partial charge in [0.05, 0.1) is 12.3 Å². The topological polar surface area (TPSA) is 56.8 Å². The number of ether oxygens (including phenoxy) is 3. The largest absolute Gasteiger partial charge is 0.481 e. The Morgan fingerprint density at radius 2 is 1.96 bits per heavy atom. The number of carbonyl (C=O) groups excluding carboxylic acids is 1. The summed E-state index contributed by atoms with van der Waals surface area (Å²) < 4.78 is 28.8. The number of halogens is 1. The number of benzene rings is 2. The van der Waals surface area contributed by atoms with Gasteiger partial charge in [-0.15, -0.1) is 11.8 Å². The van der Waals surface area contributed by atoms with Crippen LogP contribution in [0.1, 0.15) is 0 Å². The van der Waals surface area contributed by atoms with Crippen LogP contribution in [-0.2, 0) is 4.79 Å². The minimum Gasteiger partial charge on any atom is -0.481 e. The summed E-state index contributed by atoms with van der Waals surface area (Å²) in [5.74, 6) is 7.47. The summed E-state index contributed by atoms with van der Waals surface area (Å²) in [4.78, 5) is 12.6. The van der Waals surface area contributed by atoms with Crippen molar-refractivity contribution in [1.29, 1.82) is 0 Å². The molecule has 1 heterocycles. The van der Waals surface area contributed by atoms with E-state index in [9.17, 15) is 9.18 Å². The molecule has 7 heteroatoms. The van der Waals surface area contributed by atoms with E-state index in [-0.39, 0.29) is 37.4 Å². The van der Waals surface area contributed by atoms with Gasteiger partial charge in [-0.3, -0.25) is 4.79 Å². The predicted octanol–water partition coefficient (Wildman–Crippen LogP) is 2.85. The summed E-state index contributed by atoms with van der Waals surface area (Å²) in [5.41, 5.74) is 0. The maximum absolute atomic E-state index is 12.8. The molecule has 0 aromatic heterocycles. The number of amides is 1. The zero-order chi connectivity index (χ0) is 18.2. The SMILES string of the molecule is O=C(CSc1ccc(F)cc1)NCC#CCOc1ccc2c(c1)OCO2. The maximum atomic E-state index is 12.8. The first-order valence-corrected chi connectivity index (χ1v) is 8.82. The fourth-order valence-electron chi connectivity index (χ4n) is 2.07. The van der Waals surface area contributed by atoms with Crippen molar-refractivity contribution in [2.75, 3.05) is 25.7 Å². The average molecular weight is 373 g/mol. The quantitative estimate of drug-likeness (QED) is 0.623. The lowest BCUT2D eigenvalue weighted by atomic mass is 10.3. The van der Waals surface area contributed by atoms with E-state index < -0.39 is 0 Å². The third kappa shape index (κ3) is 5.33. The van der Waals surface area contributed by atoms with Gasteiger partial charge < -0.3 is 19.5 Å². The van der Waals surface area contributed by atoms with Gasteiger partial charge in [-0.25, -0.2) is 4.39 Å². The van der Waals surface area contributed by atoms with Crippen molar-refractivity contribution in [2.24, 2.45) is 0 Å². The van der Waals surface area contributed by atoms with Gasteiger partial charge in [0.2, 0.25) is 12.7 Å². The standard InChI is InChI=1S/C19H16FNO4S/c20-14-3-6-16(7-4-14)26-12-19(22)21-9-1-2-10-23-15-5-8-17-18(11-15)25-13-24-17/h3-8,11H,9-10,12-13H2,(H,21,22). The molecule has 2 aromatic carbocycles. The minimum atomic E-state index is -0.294. The van der Waals surface area contributed by atoms with E-state index in [1.165, 1.54) is 23.9 Å². The molecule has 0 fully saturated rings. The van der Waals surface area contributed by atoms with Crippen LogP contribution in [0, 0.1) is 17.7 Å². The van der Waals surface area contributed by atoms with Crippen LogP contribution in [0.5, 0.6) is 17.2 Å². The van der Waals surface area contributed by atoms with Gasteiger partial charge >= 0.3 is 0 Å². The van der Waals surface area contributed by atoms with Crippen LogP contribution in [0.4, 0.5) is 4.39 Å². The molecule has 1 aliphatic heterocycles. The number of hydrogen-bond donors (Lipinski definition) is 1. The van der Waals surface area contributed by atoms with Crippen LogP contribution in [0.15, 0.2) is 47.4 Å². The lowest BCUT2D eigenvalue weighted by molar-refractivity contribution is -0.118. The third-order valence-corrected chi connectivity index (χ3v) is 4.35. The zero-order valence-corrected chi connectivity index (χ0v) is 14.6. The normalized spacial score (nSPS) is 11.4. The van der Waals surface area contributed by atoms with E-state index in [0.717, 1.165) is 4.90 Å². The maximum Gasteiger partial charge on any atom is 0.231 e. The van der Waals surface area contributed by atoms with E-state index >= 15 is 0 Å². The highest BCUT2D eigenvalue weighted by atomic mass is 32.2. The van der Waals surface area contributed by atoms with E-state index in [2.05, 4.69) is 17.2 Å². The van der Waals surface area contributed by atoms with Gasteiger partial charge in [-0.1, -0.05) is 11.8 Å². The number of carbonyl (C=O) groups is 1. The van der Waals surface area contributed by atoms with E-state index in [1.807, 2.05) is 0 Å². The van der Waals surface area contributed by atoms with Gasteiger partial charge in [-0.05, 0) is 36.4 Å². The van der Waals surface area contributed by atoms with Crippen molar-refractivity contribution in [2.45, 2.75) is 4.90 Å². The Kier molecular flexibility index (Phi) is 6.23. The molecule has 1 N–H and O–H groups in total. The number of fused-ring (bicyclic) bond motifs is 1. The summed E-state index contributed by atoms with van der Waals surface area (Å²) in [5, 5.41) is 2.70. The second-order valence-electron chi connectivity index (χ2n) is 5.18. The molecule has 0 aliphatic carbocycles. The van der Waals surface area contributed by atoms with Crippen LogP contribution in [0.25, 0.3) is 0 Å². The van der Waals surface area contributed by atoms with Gasteiger partial charge in [-0.2, -0.15) is 0 Å². The van der Waals surface area contributed by atoms with Crippen LogP contribution in [-0.4, -0.2) is 31.6 Å². The first kappa shape index (κ1) is 18.0. The van der Waals surface area contributed by atoms with Crippen LogP contribution in [0.3, 0.4) is 0 Å². The zero-order valence-electron chi connectivity index (χ0n) is 13.8. The molecule has 0 atom stereocenters. The van der Waals surface area contributed by atoms with Crippen molar-refractivity contribution in [3.05, 3.63) is 48.3 Å². The smallest absolute Gasteiger partial charge is 0.231 e. The molecule has 0 unspecified atom stereocenters. The first-order valence-electron chi connectivity index (χ1n) is 7.84. The second-order valence-corrected chi connectivity index (χ2v) is 6.23. The highest BCUT2D eigenvalue weighted by Crippen LogP contribution is 2.34. The van der Waals surface area contributed by atoms with E-state index in [4.69, 9.17) is 14.2 Å². The minimum absolute atomic E-state index is 0.134. The number of thioether (sulfide) groups is 1. The molecular weight excluding hydrogens is 357 g/mol. The van der Waals surface area contributed by atoms with Gasteiger partial charge in [0, 0.05) is 11.0 Å². The molecule has 1 aliphatic rings. The molecule has 5 nitrogen and oxygen atoms in total. The Balaban J connectivity index is 1.32. The van der Waals surface area contributed by atoms with E-state index in [1.54, 1.807) is 30.3 Å². The van der Waals surface area contributed by atoms with Crippen LogP contribution >= 0.6 is 11.8 Å². The molecule has 0 saturated heterocycles. The molecule has 0 radical (unpaired) electrons. The Labute approximate surface area is 154 Å². The lowest BCUT2D eigenvalue weighted by Gasteiger charge is -2.03. The summed E-state index contributed by atoms with van der Waals surface area (Å²) in [6, 6.07) is 11.3. The van der Waals surface area contributed by atoms with Gasteiger partial charge in [0.15, 0.2) is 11.5 Å². The Bertz CT molecular complexity index is 830. The monoisotopic (exact) mass is 373 g/mol. The Morgan fingerprint density at radius 3 is 2.81 bits per heavy atom. The van der Waals surface area contributed by atoms with Crippen molar-refractivity contribution < 1.29 is 23.4 Å². The number of nitrogens with one attached hydrogen (secondary N) is 1. The summed E-state index contributed by atoms with van der Waals surface area (Å²) in [7, 11) is 0. The molecule has 26 heavy (non-hydrogen) atoms. The Hall–Kier alpha value is -2.85. The molecule has 0 bridgehead atoms. The number of rotatable bonds is 6. The van der Waals surface area contributed by atoms with Crippen molar-refractivity contribution in [3.8, 4) is 29.1 Å². The number of hydrogen-bond acceptors (Lipinski definition) is 5. The summed E-state index contributed by atoms with van der Waals surface area (Å²) >= 11 is 1.34. The van der Waals surface area contributed by atoms with Gasteiger partial charge in [0.1, 0.15) is 18.2 Å². The highest BCUT2D eigenvalue weighted by Gasteiger charge is 2.13. The van der Waals surface area contributed by atoms with Crippen molar-refractivity contribution in [1.82, 2.24) is 5.32 Å². The molecule has 0 spiro atoms. The molecule has 0 saturated carbocycles. The second kappa shape index (κ2) is 9.02. The van der Waals surface area contributed by atoms with Crippen LogP contribution < -0.4 is 19.5 Å². The predicted molar refractivity (Wildman–Crippen MR) is 96.0 cm³/mol. The van der Waals surface area contributed by atoms with Gasteiger partial charge in [0.25, 0.3) is 0 Å². The Morgan fingerprint density at radius 1 is 1.15 bits per heavy atom. The highest BCUT2D eigenvalue weighted by molar-refractivity contribution is 8.00. The van der Waals surface area contributed by atoms with E-state index in [0.29, 0.717) is 17.2 Å². The molecule has 1 amide bonds. The summed E-state index contributed by atoms with van der Waals surface area (Å²) in [6.45, 7) is 0.672. The summed E-state index contributed by atoms with van der Waals surface area (Å²) in [6.07, 6.45) is 0. The third-order valence-electron chi connectivity index (χ3n) is 3.34. The van der Waals surface area contributed by atoms with Crippen molar-refractivity contribution >= 4 is 17.7 Å². The van der Waals surface area contributed by atoms with Crippen LogP contribution in [0.2, 0.25) is 0 Å². The fraction of sp³-hybridized carbons (Fsp3) is 0.211. The lowest BCUT2D eigenvalue weighted by Crippen LogP contribution is -2.25.